The topological polar surface area (TPSA) is 12.0 Å². The van der Waals surface area contributed by atoms with Crippen LogP contribution in [0, 0.1) is 11.8 Å². The van der Waals surface area contributed by atoms with Gasteiger partial charge < -0.3 is 5.32 Å². The van der Waals surface area contributed by atoms with Crippen molar-refractivity contribution in [2.45, 2.75) is 46.1 Å². The Kier molecular flexibility index (Phi) is 2.58. The summed E-state index contributed by atoms with van der Waals surface area (Å²) in [6.45, 7) is 10.5. The second kappa shape index (κ2) is 3.14. The molecule has 0 bridgehead atoms. The van der Waals surface area contributed by atoms with E-state index < -0.39 is 0 Å². The third-order valence-corrected chi connectivity index (χ3v) is 2.93. The van der Waals surface area contributed by atoms with Crippen molar-refractivity contribution in [1.82, 2.24) is 5.32 Å². The van der Waals surface area contributed by atoms with Gasteiger partial charge in [0.05, 0.1) is 0 Å². The first kappa shape index (κ1) is 9.05. The highest BCUT2D eigenvalue weighted by molar-refractivity contribution is 4.85. The molecule has 0 aromatic carbocycles. The molecule has 1 nitrogen and oxygen atoms in total. The molecule has 66 valence electrons. The average Bonchev–Trinajstić information content (AvgIpc) is 1.86. The van der Waals surface area contributed by atoms with Gasteiger partial charge in [-0.05, 0) is 45.1 Å². The first-order chi connectivity index (χ1) is 5.01. The van der Waals surface area contributed by atoms with Gasteiger partial charge in [0.2, 0.25) is 0 Å². The SMILES string of the molecule is CC(C)[C@H]1CCC(C)(C)NC1. The van der Waals surface area contributed by atoms with Crippen molar-refractivity contribution in [3.63, 3.8) is 0 Å². The quantitative estimate of drug-likeness (QED) is 0.613. The molecule has 1 rings (SSSR count). The predicted octanol–water partition coefficient (Wildman–Crippen LogP) is 2.42. The van der Waals surface area contributed by atoms with Crippen LogP contribution in [0.25, 0.3) is 0 Å². The number of piperidine rings is 1. The Morgan fingerprint density at radius 1 is 1.36 bits per heavy atom. The summed E-state index contributed by atoms with van der Waals surface area (Å²) in [6, 6.07) is 0. The molecule has 0 amide bonds. The third kappa shape index (κ3) is 2.48. The van der Waals surface area contributed by atoms with Crippen LogP contribution in [0.5, 0.6) is 0 Å². The molecule has 1 saturated heterocycles. The standard InChI is InChI=1S/C10H21N/c1-8(2)9-5-6-10(3,4)11-7-9/h8-9,11H,5-7H2,1-4H3/t9-/m0/s1. The third-order valence-electron chi connectivity index (χ3n) is 2.93. The zero-order valence-electron chi connectivity index (χ0n) is 8.28. The Morgan fingerprint density at radius 3 is 2.36 bits per heavy atom. The van der Waals surface area contributed by atoms with E-state index in [2.05, 4.69) is 33.0 Å². The second-order valence-corrected chi connectivity index (χ2v) is 4.81. The minimum absolute atomic E-state index is 0.394. The Labute approximate surface area is 70.6 Å². The van der Waals surface area contributed by atoms with Crippen LogP contribution in [0.2, 0.25) is 0 Å². The number of nitrogens with one attached hydrogen (secondary N) is 1. The summed E-state index contributed by atoms with van der Waals surface area (Å²) in [5.41, 5.74) is 0.394. The Bertz CT molecular complexity index is 117. The molecule has 1 heterocycles. The lowest BCUT2D eigenvalue weighted by Gasteiger charge is -2.37. The lowest BCUT2D eigenvalue weighted by molar-refractivity contribution is 0.203. The highest BCUT2D eigenvalue weighted by atomic mass is 15.0. The van der Waals surface area contributed by atoms with E-state index in [-0.39, 0.29) is 0 Å². The summed E-state index contributed by atoms with van der Waals surface area (Å²) >= 11 is 0. The minimum Gasteiger partial charge on any atom is -0.312 e. The van der Waals surface area contributed by atoms with E-state index in [0.29, 0.717) is 5.54 Å². The Balaban J connectivity index is 2.36. The van der Waals surface area contributed by atoms with Crippen LogP contribution in [-0.4, -0.2) is 12.1 Å². The van der Waals surface area contributed by atoms with Gasteiger partial charge in [-0.3, -0.25) is 0 Å². The fourth-order valence-corrected chi connectivity index (χ4v) is 1.71. The van der Waals surface area contributed by atoms with Crippen molar-refractivity contribution in [2.24, 2.45) is 11.8 Å². The highest BCUT2D eigenvalue weighted by Crippen LogP contribution is 2.26. The second-order valence-electron chi connectivity index (χ2n) is 4.81. The van der Waals surface area contributed by atoms with Crippen LogP contribution in [-0.2, 0) is 0 Å². The summed E-state index contributed by atoms with van der Waals surface area (Å²) in [6.07, 6.45) is 2.73. The Morgan fingerprint density at radius 2 is 2.00 bits per heavy atom. The molecule has 0 aliphatic carbocycles. The van der Waals surface area contributed by atoms with Crippen LogP contribution in [0.1, 0.15) is 40.5 Å². The molecule has 1 atom stereocenters. The molecule has 1 aliphatic rings. The van der Waals surface area contributed by atoms with E-state index in [1.807, 2.05) is 0 Å². The molecule has 1 aliphatic heterocycles. The van der Waals surface area contributed by atoms with Gasteiger partial charge >= 0.3 is 0 Å². The van der Waals surface area contributed by atoms with Crippen molar-refractivity contribution in [2.75, 3.05) is 6.54 Å². The van der Waals surface area contributed by atoms with Gasteiger partial charge in [-0.1, -0.05) is 13.8 Å². The smallest absolute Gasteiger partial charge is 0.0125 e. The van der Waals surface area contributed by atoms with Crippen LogP contribution >= 0.6 is 0 Å². The molecule has 0 spiro atoms. The first-order valence-electron chi connectivity index (χ1n) is 4.76. The van der Waals surface area contributed by atoms with E-state index in [1.165, 1.54) is 19.4 Å². The van der Waals surface area contributed by atoms with E-state index >= 15 is 0 Å². The molecular formula is C10H21N. The van der Waals surface area contributed by atoms with Crippen molar-refractivity contribution in [1.29, 1.82) is 0 Å². The van der Waals surface area contributed by atoms with Crippen molar-refractivity contribution < 1.29 is 0 Å². The summed E-state index contributed by atoms with van der Waals surface area (Å²) < 4.78 is 0. The predicted molar refractivity (Wildman–Crippen MR) is 49.6 cm³/mol. The van der Waals surface area contributed by atoms with E-state index in [9.17, 15) is 0 Å². The highest BCUT2D eigenvalue weighted by Gasteiger charge is 2.27. The van der Waals surface area contributed by atoms with Crippen LogP contribution in [0.15, 0.2) is 0 Å². The molecule has 11 heavy (non-hydrogen) atoms. The number of rotatable bonds is 1. The molecule has 1 N–H and O–H groups in total. The van der Waals surface area contributed by atoms with Crippen molar-refractivity contribution >= 4 is 0 Å². The lowest BCUT2D eigenvalue weighted by Crippen LogP contribution is -2.47. The van der Waals surface area contributed by atoms with E-state index in [0.717, 1.165) is 11.8 Å². The number of hydrogen-bond acceptors (Lipinski definition) is 1. The van der Waals surface area contributed by atoms with E-state index in [1.54, 1.807) is 0 Å². The summed E-state index contributed by atoms with van der Waals surface area (Å²) in [5, 5.41) is 3.59. The fraction of sp³-hybridized carbons (Fsp3) is 1.00. The largest absolute Gasteiger partial charge is 0.312 e. The molecule has 1 heteroatoms. The van der Waals surface area contributed by atoms with Crippen LogP contribution in [0.4, 0.5) is 0 Å². The normalized spacial score (nSPS) is 30.8. The molecule has 0 aromatic rings. The molecule has 0 radical (unpaired) electrons. The zero-order valence-corrected chi connectivity index (χ0v) is 8.28. The summed E-state index contributed by atoms with van der Waals surface area (Å²) in [5.74, 6) is 1.75. The fourth-order valence-electron chi connectivity index (χ4n) is 1.71. The maximum atomic E-state index is 3.59. The number of hydrogen-bond donors (Lipinski definition) is 1. The average molecular weight is 155 g/mol. The summed E-state index contributed by atoms with van der Waals surface area (Å²) in [4.78, 5) is 0. The first-order valence-corrected chi connectivity index (χ1v) is 4.76. The molecule has 0 aromatic heterocycles. The minimum atomic E-state index is 0.394. The van der Waals surface area contributed by atoms with Crippen LogP contribution in [0.3, 0.4) is 0 Å². The van der Waals surface area contributed by atoms with Gasteiger partial charge in [0.15, 0.2) is 0 Å². The lowest BCUT2D eigenvalue weighted by atomic mass is 9.82. The van der Waals surface area contributed by atoms with Gasteiger partial charge in [0.1, 0.15) is 0 Å². The Hall–Kier alpha value is -0.0400. The monoisotopic (exact) mass is 155 g/mol. The molecule has 0 saturated carbocycles. The summed E-state index contributed by atoms with van der Waals surface area (Å²) in [7, 11) is 0. The van der Waals surface area contributed by atoms with Gasteiger partial charge in [-0.15, -0.1) is 0 Å². The van der Waals surface area contributed by atoms with Crippen LogP contribution < -0.4 is 5.32 Å². The molecule has 1 fully saturated rings. The maximum Gasteiger partial charge on any atom is 0.0125 e. The van der Waals surface area contributed by atoms with Gasteiger partial charge in [-0.25, -0.2) is 0 Å². The molecular weight excluding hydrogens is 134 g/mol. The van der Waals surface area contributed by atoms with Crippen molar-refractivity contribution in [3.05, 3.63) is 0 Å². The molecule has 0 unspecified atom stereocenters. The zero-order chi connectivity index (χ0) is 8.48. The van der Waals surface area contributed by atoms with Gasteiger partial charge in [-0.2, -0.15) is 0 Å². The maximum absolute atomic E-state index is 3.59. The van der Waals surface area contributed by atoms with Gasteiger partial charge in [0.25, 0.3) is 0 Å². The van der Waals surface area contributed by atoms with Gasteiger partial charge in [0, 0.05) is 5.54 Å². The van der Waals surface area contributed by atoms with Crippen molar-refractivity contribution in [3.8, 4) is 0 Å². The van der Waals surface area contributed by atoms with E-state index in [4.69, 9.17) is 0 Å².